The van der Waals surface area contributed by atoms with E-state index in [-0.39, 0.29) is 18.4 Å². The predicted octanol–water partition coefficient (Wildman–Crippen LogP) is 2.88. The van der Waals surface area contributed by atoms with Gasteiger partial charge in [-0.25, -0.2) is 4.79 Å². The highest BCUT2D eigenvalue weighted by Crippen LogP contribution is 2.20. The molecule has 2 N–H and O–H groups in total. The number of amides is 2. The van der Waals surface area contributed by atoms with Gasteiger partial charge in [0.25, 0.3) is 5.91 Å². The normalized spacial score (nSPS) is 15.9. The SMILES string of the molecule is CC(C)(C)OC(=O)Nc1cccc(C(=O)N2CCC(CO)CC2)c1. The second-order valence-electron chi connectivity index (χ2n) is 7.13. The number of ether oxygens (including phenoxy) is 1. The third kappa shape index (κ3) is 5.23. The Balaban J connectivity index is 1.99. The summed E-state index contributed by atoms with van der Waals surface area (Å²) in [7, 11) is 0. The summed E-state index contributed by atoms with van der Waals surface area (Å²) in [5, 5.41) is 11.8. The van der Waals surface area contributed by atoms with Crippen LogP contribution in [0.3, 0.4) is 0 Å². The standard InChI is InChI=1S/C18H26N2O4/c1-18(2,3)24-17(23)19-15-6-4-5-14(11-15)16(22)20-9-7-13(12-21)8-10-20/h4-6,11,13,21H,7-10,12H2,1-3H3,(H,19,23). The van der Waals surface area contributed by atoms with Crippen molar-refractivity contribution in [2.75, 3.05) is 25.0 Å². The summed E-state index contributed by atoms with van der Waals surface area (Å²) in [6.45, 7) is 6.85. The van der Waals surface area contributed by atoms with Gasteiger partial charge in [-0.05, 0) is 57.7 Å². The highest BCUT2D eigenvalue weighted by atomic mass is 16.6. The number of piperidine rings is 1. The monoisotopic (exact) mass is 334 g/mol. The van der Waals surface area contributed by atoms with Gasteiger partial charge in [-0.15, -0.1) is 0 Å². The molecule has 1 aromatic carbocycles. The maximum atomic E-state index is 12.6. The Morgan fingerprint density at radius 2 is 1.96 bits per heavy atom. The van der Waals surface area contributed by atoms with Crippen molar-refractivity contribution in [3.05, 3.63) is 29.8 Å². The summed E-state index contributed by atoms with van der Waals surface area (Å²) >= 11 is 0. The molecule has 6 heteroatoms. The topological polar surface area (TPSA) is 78.9 Å². The Labute approximate surface area is 142 Å². The lowest BCUT2D eigenvalue weighted by Gasteiger charge is -2.31. The van der Waals surface area contributed by atoms with E-state index in [1.54, 1.807) is 49.9 Å². The number of rotatable bonds is 3. The van der Waals surface area contributed by atoms with Crippen LogP contribution in [-0.4, -0.2) is 47.3 Å². The van der Waals surface area contributed by atoms with Gasteiger partial charge in [-0.3, -0.25) is 10.1 Å². The van der Waals surface area contributed by atoms with Crippen LogP contribution in [0.4, 0.5) is 10.5 Å². The van der Waals surface area contributed by atoms with Crippen molar-refractivity contribution >= 4 is 17.7 Å². The number of nitrogens with one attached hydrogen (secondary N) is 1. The van der Waals surface area contributed by atoms with Crippen LogP contribution in [0.2, 0.25) is 0 Å². The minimum Gasteiger partial charge on any atom is -0.444 e. The molecule has 0 atom stereocenters. The molecular weight excluding hydrogens is 308 g/mol. The first-order valence-electron chi connectivity index (χ1n) is 8.28. The molecule has 0 radical (unpaired) electrons. The van der Waals surface area contributed by atoms with E-state index in [2.05, 4.69) is 5.32 Å². The number of aliphatic hydroxyl groups is 1. The van der Waals surface area contributed by atoms with E-state index >= 15 is 0 Å². The molecule has 0 unspecified atom stereocenters. The van der Waals surface area contributed by atoms with Crippen LogP contribution in [0.15, 0.2) is 24.3 Å². The van der Waals surface area contributed by atoms with E-state index in [0.717, 1.165) is 12.8 Å². The number of hydrogen-bond donors (Lipinski definition) is 2. The summed E-state index contributed by atoms with van der Waals surface area (Å²) in [6.07, 6.45) is 1.09. The fraction of sp³-hybridized carbons (Fsp3) is 0.556. The number of nitrogens with zero attached hydrogens (tertiary/aromatic N) is 1. The van der Waals surface area contributed by atoms with Crippen LogP contribution in [0.5, 0.6) is 0 Å². The molecule has 0 spiro atoms. The van der Waals surface area contributed by atoms with Crippen molar-refractivity contribution < 1.29 is 19.4 Å². The number of hydrogen-bond acceptors (Lipinski definition) is 4. The summed E-state index contributed by atoms with van der Waals surface area (Å²) in [4.78, 5) is 26.2. The molecule has 1 aliphatic rings. The lowest BCUT2D eigenvalue weighted by Crippen LogP contribution is -2.39. The highest BCUT2D eigenvalue weighted by molar-refractivity contribution is 5.96. The molecule has 1 aromatic rings. The van der Waals surface area contributed by atoms with Gasteiger partial charge >= 0.3 is 6.09 Å². The van der Waals surface area contributed by atoms with Crippen LogP contribution < -0.4 is 5.32 Å². The molecule has 1 fully saturated rings. The minimum absolute atomic E-state index is 0.0563. The van der Waals surface area contributed by atoms with Crippen molar-refractivity contribution in [3.63, 3.8) is 0 Å². The van der Waals surface area contributed by atoms with Crippen molar-refractivity contribution in [2.45, 2.75) is 39.2 Å². The Bertz CT molecular complexity index is 587. The number of carbonyl (C=O) groups is 2. The summed E-state index contributed by atoms with van der Waals surface area (Å²) in [6, 6.07) is 6.85. The zero-order valence-corrected chi connectivity index (χ0v) is 14.5. The minimum atomic E-state index is -0.575. The Kier molecular flexibility index (Phi) is 5.83. The van der Waals surface area contributed by atoms with Crippen molar-refractivity contribution in [1.82, 2.24) is 4.90 Å². The molecule has 1 aliphatic heterocycles. The largest absolute Gasteiger partial charge is 0.444 e. The Morgan fingerprint density at radius 1 is 1.29 bits per heavy atom. The smallest absolute Gasteiger partial charge is 0.412 e. The maximum Gasteiger partial charge on any atom is 0.412 e. The number of anilines is 1. The van der Waals surface area contributed by atoms with Gasteiger partial charge in [0.05, 0.1) is 0 Å². The van der Waals surface area contributed by atoms with Crippen LogP contribution in [0, 0.1) is 5.92 Å². The zero-order valence-electron chi connectivity index (χ0n) is 14.5. The second-order valence-corrected chi connectivity index (χ2v) is 7.13. The van der Waals surface area contributed by atoms with Crippen LogP contribution >= 0.6 is 0 Å². The molecular formula is C18H26N2O4. The van der Waals surface area contributed by atoms with E-state index in [1.807, 2.05) is 0 Å². The van der Waals surface area contributed by atoms with Gasteiger partial charge in [0.2, 0.25) is 0 Å². The van der Waals surface area contributed by atoms with Crippen molar-refractivity contribution in [3.8, 4) is 0 Å². The fourth-order valence-corrected chi connectivity index (χ4v) is 2.65. The maximum absolute atomic E-state index is 12.6. The van der Waals surface area contributed by atoms with Gasteiger partial charge in [0, 0.05) is 30.9 Å². The average Bonchev–Trinajstić information content (AvgIpc) is 2.52. The first-order valence-corrected chi connectivity index (χ1v) is 8.28. The molecule has 6 nitrogen and oxygen atoms in total. The second kappa shape index (κ2) is 7.66. The predicted molar refractivity (Wildman–Crippen MR) is 92.0 cm³/mol. The van der Waals surface area contributed by atoms with E-state index < -0.39 is 11.7 Å². The van der Waals surface area contributed by atoms with Gasteiger partial charge in [0.1, 0.15) is 5.60 Å². The number of benzene rings is 1. The van der Waals surface area contributed by atoms with Crippen LogP contribution in [0.25, 0.3) is 0 Å². The zero-order chi connectivity index (χ0) is 17.7. The van der Waals surface area contributed by atoms with E-state index in [4.69, 9.17) is 4.74 Å². The first-order chi connectivity index (χ1) is 11.3. The molecule has 132 valence electrons. The molecule has 1 saturated heterocycles. The van der Waals surface area contributed by atoms with E-state index in [9.17, 15) is 14.7 Å². The molecule has 0 bridgehead atoms. The van der Waals surface area contributed by atoms with Gasteiger partial charge in [0.15, 0.2) is 0 Å². The summed E-state index contributed by atoms with van der Waals surface area (Å²) in [5.74, 6) is 0.230. The molecule has 0 aliphatic carbocycles. The highest BCUT2D eigenvalue weighted by Gasteiger charge is 2.23. The van der Waals surface area contributed by atoms with Crippen molar-refractivity contribution in [1.29, 1.82) is 0 Å². The van der Waals surface area contributed by atoms with Crippen molar-refractivity contribution in [2.24, 2.45) is 5.92 Å². The Morgan fingerprint density at radius 3 is 2.54 bits per heavy atom. The third-order valence-corrected chi connectivity index (χ3v) is 3.91. The lowest BCUT2D eigenvalue weighted by atomic mass is 9.97. The molecule has 1 heterocycles. The average molecular weight is 334 g/mol. The van der Waals surface area contributed by atoms with E-state index in [1.165, 1.54) is 0 Å². The third-order valence-electron chi connectivity index (χ3n) is 3.91. The van der Waals surface area contributed by atoms with Gasteiger partial charge < -0.3 is 14.7 Å². The van der Waals surface area contributed by atoms with Gasteiger partial charge in [-0.2, -0.15) is 0 Å². The number of carbonyl (C=O) groups excluding carboxylic acids is 2. The summed E-state index contributed by atoms with van der Waals surface area (Å²) < 4.78 is 5.21. The van der Waals surface area contributed by atoms with E-state index in [0.29, 0.717) is 24.3 Å². The Hall–Kier alpha value is -2.08. The first kappa shape index (κ1) is 18.3. The molecule has 0 aromatic heterocycles. The number of likely N-dealkylation sites (tertiary alicyclic amines) is 1. The van der Waals surface area contributed by atoms with Crippen LogP contribution in [-0.2, 0) is 4.74 Å². The quantitative estimate of drug-likeness (QED) is 0.891. The number of aliphatic hydroxyl groups excluding tert-OH is 1. The van der Waals surface area contributed by atoms with Crippen LogP contribution in [0.1, 0.15) is 44.0 Å². The molecule has 0 saturated carbocycles. The molecule has 2 rings (SSSR count). The molecule has 24 heavy (non-hydrogen) atoms. The fourth-order valence-electron chi connectivity index (χ4n) is 2.65. The lowest BCUT2D eigenvalue weighted by molar-refractivity contribution is 0.0630. The molecule has 2 amide bonds. The summed E-state index contributed by atoms with van der Waals surface area (Å²) in [5.41, 5.74) is 0.487. The van der Waals surface area contributed by atoms with Gasteiger partial charge in [-0.1, -0.05) is 6.07 Å².